The van der Waals surface area contributed by atoms with Crippen LogP contribution < -0.4 is 0 Å². The van der Waals surface area contributed by atoms with Gasteiger partial charge in [-0.3, -0.25) is 14.5 Å². The minimum Gasteiger partial charge on any atom is -0.274 e. The molecule has 78 valence electrons. The molecule has 2 amide bonds. The maximum atomic E-state index is 11.4. The third-order valence-electron chi connectivity index (χ3n) is 2.52. The Bertz CT molecular complexity index is 391. The highest BCUT2D eigenvalue weighted by molar-refractivity contribution is 6.28. The van der Waals surface area contributed by atoms with Crippen molar-refractivity contribution in [1.82, 2.24) is 4.90 Å². The van der Waals surface area contributed by atoms with E-state index in [1.165, 1.54) is 4.90 Å². The van der Waals surface area contributed by atoms with Gasteiger partial charge in [0.25, 0.3) is 0 Å². The summed E-state index contributed by atoms with van der Waals surface area (Å²) in [5.41, 5.74) is 0.982. The Morgan fingerprint density at radius 2 is 2.07 bits per heavy atom. The quantitative estimate of drug-likeness (QED) is 0.566. The van der Waals surface area contributed by atoms with Crippen LogP contribution in [0.2, 0.25) is 0 Å². The summed E-state index contributed by atoms with van der Waals surface area (Å²) in [5, 5.41) is 0. The lowest BCUT2D eigenvalue weighted by Gasteiger charge is -2.38. The van der Waals surface area contributed by atoms with Gasteiger partial charge in [-0.25, -0.2) is 0 Å². The van der Waals surface area contributed by atoms with Gasteiger partial charge < -0.3 is 0 Å². The van der Waals surface area contributed by atoms with E-state index in [0.29, 0.717) is 6.42 Å². The number of hydrogen-bond donors (Lipinski definition) is 0. The van der Waals surface area contributed by atoms with Gasteiger partial charge in [0.15, 0.2) is 0 Å². The second-order valence-electron chi connectivity index (χ2n) is 3.42. The Morgan fingerprint density at radius 3 is 2.60 bits per heavy atom. The fourth-order valence-corrected chi connectivity index (χ4v) is 1.86. The largest absolute Gasteiger partial charge is 0.274 e. The summed E-state index contributed by atoms with van der Waals surface area (Å²) in [4.78, 5) is 23.9. The average molecular weight is 224 g/mol. The van der Waals surface area contributed by atoms with Gasteiger partial charge in [-0.05, 0) is 5.56 Å². The Balaban J connectivity index is 2.19. The average Bonchev–Trinajstić information content (AvgIpc) is 2.26. The fourth-order valence-electron chi connectivity index (χ4n) is 1.74. The highest BCUT2D eigenvalue weighted by atomic mass is 35.5. The highest BCUT2D eigenvalue weighted by Crippen LogP contribution is 2.34. The molecule has 1 fully saturated rings. The Morgan fingerprint density at radius 1 is 1.40 bits per heavy atom. The first kappa shape index (κ1) is 10.2. The summed E-state index contributed by atoms with van der Waals surface area (Å²) in [6.45, 7) is 0. The number of benzene rings is 1. The molecule has 1 aromatic carbocycles. The molecule has 0 spiro atoms. The lowest BCUT2D eigenvalue weighted by atomic mass is 9.94. The third-order valence-corrected chi connectivity index (χ3v) is 2.74. The predicted molar refractivity (Wildman–Crippen MR) is 56.4 cm³/mol. The zero-order valence-corrected chi connectivity index (χ0v) is 8.78. The van der Waals surface area contributed by atoms with E-state index in [0.717, 1.165) is 5.56 Å². The van der Waals surface area contributed by atoms with E-state index in [4.69, 9.17) is 11.6 Å². The van der Waals surface area contributed by atoms with Crippen molar-refractivity contribution in [3.63, 3.8) is 0 Å². The van der Waals surface area contributed by atoms with E-state index in [2.05, 4.69) is 0 Å². The maximum Gasteiger partial charge on any atom is 0.244 e. The second-order valence-corrected chi connectivity index (χ2v) is 3.69. The van der Waals surface area contributed by atoms with Crippen molar-refractivity contribution in [2.24, 2.45) is 0 Å². The van der Waals surface area contributed by atoms with Crippen molar-refractivity contribution in [2.75, 3.05) is 5.88 Å². The topological polar surface area (TPSA) is 37.4 Å². The maximum absolute atomic E-state index is 11.4. The van der Waals surface area contributed by atoms with Gasteiger partial charge in [-0.1, -0.05) is 30.3 Å². The second kappa shape index (κ2) is 4.03. The van der Waals surface area contributed by atoms with Crippen molar-refractivity contribution in [3.8, 4) is 0 Å². The summed E-state index contributed by atoms with van der Waals surface area (Å²) >= 11 is 5.43. The van der Waals surface area contributed by atoms with E-state index in [-0.39, 0.29) is 23.7 Å². The molecular weight excluding hydrogens is 214 g/mol. The third kappa shape index (κ3) is 1.75. The van der Waals surface area contributed by atoms with Gasteiger partial charge in [0.05, 0.1) is 12.5 Å². The normalized spacial score (nSPS) is 19.9. The lowest BCUT2D eigenvalue weighted by Crippen LogP contribution is -2.50. The Labute approximate surface area is 92.6 Å². The molecule has 0 N–H and O–H groups in total. The van der Waals surface area contributed by atoms with Crippen molar-refractivity contribution < 1.29 is 9.59 Å². The van der Waals surface area contributed by atoms with E-state index < -0.39 is 0 Å². The molecule has 0 radical (unpaired) electrons. The standard InChI is InChI=1S/C11H10ClNO2/c12-7-11(15)13-9(6-10(13)14)8-4-2-1-3-5-8/h1-5,9H,6-7H2/t9-/m0/s1. The van der Waals surface area contributed by atoms with Gasteiger partial charge in [-0.2, -0.15) is 0 Å². The minimum absolute atomic E-state index is 0.120. The zero-order chi connectivity index (χ0) is 10.8. The molecule has 1 saturated heterocycles. The van der Waals surface area contributed by atoms with Crippen molar-refractivity contribution in [2.45, 2.75) is 12.5 Å². The van der Waals surface area contributed by atoms with E-state index >= 15 is 0 Å². The smallest absolute Gasteiger partial charge is 0.244 e. The number of amides is 2. The van der Waals surface area contributed by atoms with Crippen LogP contribution >= 0.6 is 11.6 Å². The molecule has 1 aromatic rings. The lowest BCUT2D eigenvalue weighted by molar-refractivity contribution is -0.157. The van der Waals surface area contributed by atoms with Gasteiger partial charge in [0.2, 0.25) is 11.8 Å². The summed E-state index contributed by atoms with van der Waals surface area (Å²) in [5.74, 6) is -0.606. The molecular formula is C11H10ClNO2. The molecule has 0 saturated carbocycles. The first-order valence-electron chi connectivity index (χ1n) is 4.70. The molecule has 0 aromatic heterocycles. The number of imide groups is 1. The number of nitrogens with zero attached hydrogens (tertiary/aromatic N) is 1. The molecule has 4 heteroatoms. The number of carbonyl (C=O) groups is 2. The number of alkyl halides is 1. The highest BCUT2D eigenvalue weighted by Gasteiger charge is 2.40. The number of hydrogen-bond acceptors (Lipinski definition) is 2. The van der Waals surface area contributed by atoms with Crippen LogP contribution in [0.25, 0.3) is 0 Å². The van der Waals surface area contributed by atoms with Gasteiger partial charge >= 0.3 is 0 Å². The molecule has 3 nitrogen and oxygen atoms in total. The first-order chi connectivity index (χ1) is 7.24. The van der Waals surface area contributed by atoms with Crippen LogP contribution in [0.1, 0.15) is 18.0 Å². The Kier molecular flexibility index (Phi) is 2.73. The van der Waals surface area contributed by atoms with E-state index in [1.807, 2.05) is 30.3 Å². The number of halogens is 1. The van der Waals surface area contributed by atoms with Crippen molar-refractivity contribution >= 4 is 23.4 Å². The number of carbonyl (C=O) groups excluding carboxylic acids is 2. The number of likely N-dealkylation sites (tertiary alicyclic amines) is 1. The van der Waals surface area contributed by atoms with E-state index in [9.17, 15) is 9.59 Å². The van der Waals surface area contributed by atoms with Gasteiger partial charge in [0.1, 0.15) is 5.88 Å². The fraction of sp³-hybridized carbons (Fsp3) is 0.273. The van der Waals surface area contributed by atoms with Crippen molar-refractivity contribution in [3.05, 3.63) is 35.9 Å². The first-order valence-corrected chi connectivity index (χ1v) is 5.23. The van der Waals surface area contributed by atoms with Crippen LogP contribution in [-0.2, 0) is 9.59 Å². The molecule has 1 aliphatic rings. The number of rotatable bonds is 2. The summed E-state index contributed by atoms with van der Waals surface area (Å²) in [7, 11) is 0. The van der Waals surface area contributed by atoms with Gasteiger partial charge in [0, 0.05) is 0 Å². The van der Waals surface area contributed by atoms with Crippen molar-refractivity contribution in [1.29, 1.82) is 0 Å². The zero-order valence-electron chi connectivity index (χ0n) is 8.02. The predicted octanol–water partition coefficient (Wildman–Crippen LogP) is 1.73. The van der Waals surface area contributed by atoms with E-state index in [1.54, 1.807) is 0 Å². The van der Waals surface area contributed by atoms with Crippen LogP contribution in [0.4, 0.5) is 0 Å². The van der Waals surface area contributed by atoms with Gasteiger partial charge in [-0.15, -0.1) is 11.6 Å². The molecule has 0 unspecified atom stereocenters. The Hall–Kier alpha value is -1.35. The minimum atomic E-state index is -0.318. The summed E-state index contributed by atoms with van der Waals surface area (Å²) in [6.07, 6.45) is 0.395. The molecule has 1 atom stereocenters. The monoisotopic (exact) mass is 223 g/mol. The number of β-lactam (4-membered cyclic amide) rings is 1. The van der Waals surface area contributed by atoms with Crippen LogP contribution in [0.5, 0.6) is 0 Å². The van der Waals surface area contributed by atoms with Crippen LogP contribution in [0.3, 0.4) is 0 Å². The molecule has 1 heterocycles. The molecule has 0 bridgehead atoms. The summed E-state index contributed by atoms with van der Waals surface area (Å²) < 4.78 is 0. The van der Waals surface area contributed by atoms with Crippen LogP contribution in [0.15, 0.2) is 30.3 Å². The van der Waals surface area contributed by atoms with Crippen LogP contribution in [-0.4, -0.2) is 22.6 Å². The van der Waals surface area contributed by atoms with Crippen LogP contribution in [0, 0.1) is 0 Å². The molecule has 0 aliphatic carbocycles. The summed E-state index contributed by atoms with van der Waals surface area (Å²) in [6, 6.07) is 9.38. The molecule has 15 heavy (non-hydrogen) atoms. The molecule has 1 aliphatic heterocycles. The molecule has 2 rings (SSSR count). The SMILES string of the molecule is O=C(CCl)N1C(=O)C[C@H]1c1ccccc1.